The third kappa shape index (κ3) is 4.93. The summed E-state index contributed by atoms with van der Waals surface area (Å²) in [6, 6.07) is 8.19. The first-order valence-electron chi connectivity index (χ1n) is 10.6. The first-order chi connectivity index (χ1) is 14.6. The van der Waals surface area contributed by atoms with E-state index in [0.717, 1.165) is 11.3 Å². The van der Waals surface area contributed by atoms with E-state index in [1.807, 2.05) is 55.1 Å². The highest BCUT2D eigenvalue weighted by Gasteiger charge is 2.36. The van der Waals surface area contributed by atoms with Crippen LogP contribution in [0.25, 0.3) is 0 Å². The van der Waals surface area contributed by atoms with E-state index in [1.165, 1.54) is 4.31 Å². The lowest BCUT2D eigenvalue weighted by Crippen LogP contribution is -2.44. The molecule has 0 unspecified atom stereocenters. The molecule has 0 aliphatic carbocycles. The SMILES string of the molecule is CCN(Cc1ccc(N(C)C)cc1)C(=O)C1CCN(S(=O)(=O)c2c(C)noc2C)CC1. The van der Waals surface area contributed by atoms with Gasteiger partial charge in [-0.05, 0) is 51.3 Å². The van der Waals surface area contributed by atoms with Gasteiger partial charge in [-0.2, -0.15) is 4.31 Å². The molecule has 1 fully saturated rings. The zero-order valence-corrected chi connectivity index (χ0v) is 19.8. The van der Waals surface area contributed by atoms with Gasteiger partial charge in [0, 0.05) is 51.9 Å². The molecule has 1 aliphatic heterocycles. The maximum Gasteiger partial charge on any atom is 0.248 e. The van der Waals surface area contributed by atoms with Crippen LogP contribution in [0.4, 0.5) is 5.69 Å². The average molecular weight is 449 g/mol. The number of carbonyl (C=O) groups excluding carboxylic acids is 1. The summed E-state index contributed by atoms with van der Waals surface area (Å²) >= 11 is 0. The Balaban J connectivity index is 1.63. The van der Waals surface area contributed by atoms with Crippen molar-refractivity contribution in [2.24, 2.45) is 5.92 Å². The van der Waals surface area contributed by atoms with Crippen LogP contribution in [-0.4, -0.2) is 62.4 Å². The van der Waals surface area contributed by atoms with E-state index in [2.05, 4.69) is 5.16 Å². The summed E-state index contributed by atoms with van der Waals surface area (Å²) < 4.78 is 32.5. The second-order valence-electron chi connectivity index (χ2n) is 8.24. The number of sulfonamides is 1. The lowest BCUT2D eigenvalue weighted by atomic mass is 9.96. The van der Waals surface area contributed by atoms with E-state index < -0.39 is 10.0 Å². The number of aryl methyl sites for hydroxylation is 2. The zero-order chi connectivity index (χ0) is 22.8. The number of aromatic nitrogens is 1. The number of hydrogen-bond acceptors (Lipinski definition) is 6. The molecule has 1 amide bonds. The lowest BCUT2D eigenvalue weighted by Gasteiger charge is -2.33. The molecule has 0 radical (unpaired) electrons. The van der Waals surface area contributed by atoms with Gasteiger partial charge in [-0.25, -0.2) is 8.42 Å². The number of hydrogen-bond donors (Lipinski definition) is 0. The second-order valence-corrected chi connectivity index (χ2v) is 10.1. The molecule has 170 valence electrons. The minimum atomic E-state index is -3.67. The zero-order valence-electron chi connectivity index (χ0n) is 19.0. The minimum Gasteiger partial charge on any atom is -0.378 e. The fourth-order valence-corrected chi connectivity index (χ4v) is 5.80. The fraction of sp³-hybridized carbons (Fsp3) is 0.545. The first-order valence-corrected chi connectivity index (χ1v) is 12.1. The van der Waals surface area contributed by atoms with Crippen molar-refractivity contribution >= 4 is 21.6 Å². The highest BCUT2D eigenvalue weighted by molar-refractivity contribution is 7.89. The van der Waals surface area contributed by atoms with Gasteiger partial charge in [-0.15, -0.1) is 0 Å². The van der Waals surface area contributed by atoms with E-state index in [1.54, 1.807) is 13.8 Å². The molecule has 1 aliphatic rings. The Bertz CT molecular complexity index is 987. The summed E-state index contributed by atoms with van der Waals surface area (Å²) in [7, 11) is 0.324. The molecule has 1 aromatic heterocycles. The van der Waals surface area contributed by atoms with Crippen LogP contribution in [0.1, 0.15) is 36.8 Å². The van der Waals surface area contributed by atoms with Crippen molar-refractivity contribution in [1.82, 2.24) is 14.4 Å². The molecule has 1 aromatic carbocycles. The van der Waals surface area contributed by atoms with Crippen LogP contribution in [0.2, 0.25) is 0 Å². The third-order valence-electron chi connectivity index (χ3n) is 5.89. The topological polar surface area (TPSA) is 87.0 Å². The Morgan fingerprint density at radius 1 is 1.16 bits per heavy atom. The van der Waals surface area contributed by atoms with Crippen molar-refractivity contribution in [1.29, 1.82) is 0 Å². The molecule has 0 N–H and O–H groups in total. The van der Waals surface area contributed by atoms with Crippen LogP contribution in [-0.2, 0) is 21.4 Å². The normalized spacial score (nSPS) is 15.8. The number of amides is 1. The van der Waals surface area contributed by atoms with E-state index in [0.29, 0.717) is 50.5 Å². The number of nitrogens with zero attached hydrogens (tertiary/aromatic N) is 4. The maximum atomic E-state index is 13.1. The van der Waals surface area contributed by atoms with Crippen LogP contribution in [0.15, 0.2) is 33.7 Å². The largest absolute Gasteiger partial charge is 0.378 e. The van der Waals surface area contributed by atoms with Crippen LogP contribution >= 0.6 is 0 Å². The predicted octanol–water partition coefficient (Wildman–Crippen LogP) is 2.81. The van der Waals surface area contributed by atoms with E-state index in [4.69, 9.17) is 4.52 Å². The highest BCUT2D eigenvalue weighted by Crippen LogP contribution is 2.28. The maximum absolute atomic E-state index is 13.1. The van der Waals surface area contributed by atoms with Gasteiger partial charge < -0.3 is 14.3 Å². The molecule has 8 nitrogen and oxygen atoms in total. The van der Waals surface area contributed by atoms with Gasteiger partial charge in [0.15, 0.2) is 5.76 Å². The van der Waals surface area contributed by atoms with Gasteiger partial charge in [0.1, 0.15) is 10.6 Å². The van der Waals surface area contributed by atoms with Crippen molar-refractivity contribution in [3.63, 3.8) is 0 Å². The van der Waals surface area contributed by atoms with Gasteiger partial charge in [-0.1, -0.05) is 17.3 Å². The molecule has 2 heterocycles. The smallest absolute Gasteiger partial charge is 0.248 e. The second kappa shape index (κ2) is 9.40. The Hall–Kier alpha value is -2.39. The summed E-state index contributed by atoms with van der Waals surface area (Å²) in [5.74, 6) is 0.221. The number of carbonyl (C=O) groups is 1. The monoisotopic (exact) mass is 448 g/mol. The Labute approximate surface area is 184 Å². The minimum absolute atomic E-state index is 0.0913. The number of piperidine rings is 1. The fourth-order valence-electron chi connectivity index (χ4n) is 4.04. The van der Waals surface area contributed by atoms with Gasteiger partial charge in [0.2, 0.25) is 15.9 Å². The van der Waals surface area contributed by atoms with E-state index >= 15 is 0 Å². The van der Waals surface area contributed by atoms with Crippen molar-refractivity contribution in [3.05, 3.63) is 41.3 Å². The first kappa shape index (κ1) is 23.3. The molecule has 3 rings (SSSR count). The molecule has 0 saturated carbocycles. The summed E-state index contributed by atoms with van der Waals surface area (Å²) in [4.78, 5) is 17.2. The van der Waals surface area contributed by atoms with Crippen molar-refractivity contribution < 1.29 is 17.7 Å². The van der Waals surface area contributed by atoms with E-state index in [9.17, 15) is 13.2 Å². The van der Waals surface area contributed by atoms with Crippen LogP contribution in [0, 0.1) is 19.8 Å². The predicted molar refractivity (Wildman–Crippen MR) is 119 cm³/mol. The Morgan fingerprint density at radius 2 is 1.77 bits per heavy atom. The molecule has 0 spiro atoms. The van der Waals surface area contributed by atoms with Crippen LogP contribution in [0.3, 0.4) is 0 Å². The Morgan fingerprint density at radius 3 is 2.26 bits per heavy atom. The van der Waals surface area contributed by atoms with Crippen LogP contribution < -0.4 is 4.90 Å². The van der Waals surface area contributed by atoms with Gasteiger partial charge in [0.25, 0.3) is 0 Å². The molecule has 1 saturated heterocycles. The molecule has 0 bridgehead atoms. The molecule has 2 aromatic rings. The Kier molecular flexibility index (Phi) is 7.06. The van der Waals surface area contributed by atoms with Crippen molar-refractivity contribution in [2.45, 2.75) is 45.1 Å². The molecular formula is C22H32N4O4S. The van der Waals surface area contributed by atoms with Crippen molar-refractivity contribution in [3.8, 4) is 0 Å². The summed E-state index contributed by atoms with van der Waals surface area (Å²) in [5.41, 5.74) is 2.57. The average Bonchev–Trinajstić information content (AvgIpc) is 3.10. The summed E-state index contributed by atoms with van der Waals surface area (Å²) in [6.45, 7) is 7.02. The third-order valence-corrected chi connectivity index (χ3v) is 8.03. The molecular weight excluding hydrogens is 416 g/mol. The number of rotatable bonds is 7. The van der Waals surface area contributed by atoms with Gasteiger partial charge in [-0.3, -0.25) is 4.79 Å². The molecule has 9 heteroatoms. The number of benzene rings is 1. The van der Waals surface area contributed by atoms with Gasteiger partial charge >= 0.3 is 0 Å². The summed E-state index contributed by atoms with van der Waals surface area (Å²) in [6.07, 6.45) is 1.02. The molecule has 31 heavy (non-hydrogen) atoms. The molecule has 0 atom stereocenters. The summed E-state index contributed by atoms with van der Waals surface area (Å²) in [5, 5.41) is 3.77. The van der Waals surface area contributed by atoms with Crippen molar-refractivity contribution in [2.75, 3.05) is 38.6 Å². The standard InChI is InChI=1S/C22H32N4O4S/c1-6-25(15-18-7-9-20(10-8-18)24(4)5)22(27)19-11-13-26(14-12-19)31(28,29)21-16(2)23-30-17(21)3/h7-10,19H,6,11-15H2,1-5H3. The van der Waals surface area contributed by atoms with Crippen LogP contribution in [0.5, 0.6) is 0 Å². The number of anilines is 1. The quantitative estimate of drug-likeness (QED) is 0.647. The highest BCUT2D eigenvalue weighted by atomic mass is 32.2. The van der Waals surface area contributed by atoms with Gasteiger partial charge in [0.05, 0.1) is 0 Å². The van der Waals surface area contributed by atoms with E-state index in [-0.39, 0.29) is 16.7 Å². The lowest BCUT2D eigenvalue weighted by molar-refractivity contribution is -0.137.